The molecule has 2 atom stereocenters. The van der Waals surface area contributed by atoms with Gasteiger partial charge < -0.3 is 15.8 Å². The van der Waals surface area contributed by atoms with E-state index >= 15 is 0 Å². The van der Waals surface area contributed by atoms with Crippen LogP contribution >= 0.6 is 11.6 Å². The van der Waals surface area contributed by atoms with E-state index in [1.807, 2.05) is 13.0 Å². The van der Waals surface area contributed by atoms with Gasteiger partial charge in [0.1, 0.15) is 29.4 Å². The number of nitrogens with one attached hydrogen (secondary N) is 2. The van der Waals surface area contributed by atoms with Gasteiger partial charge in [-0.2, -0.15) is 10.4 Å². The van der Waals surface area contributed by atoms with Crippen molar-refractivity contribution in [2.75, 3.05) is 5.32 Å². The third kappa shape index (κ3) is 4.29. The van der Waals surface area contributed by atoms with E-state index in [2.05, 4.69) is 30.5 Å². The van der Waals surface area contributed by atoms with Gasteiger partial charge in [-0.25, -0.2) is 15.0 Å². The minimum atomic E-state index is 0.0405. The molecule has 0 unspecified atom stereocenters. The van der Waals surface area contributed by atoms with Gasteiger partial charge in [-0.15, -0.1) is 0 Å². The van der Waals surface area contributed by atoms with Crippen molar-refractivity contribution in [2.24, 2.45) is 5.73 Å². The Bertz CT molecular complexity index is 1060. The van der Waals surface area contributed by atoms with Gasteiger partial charge >= 0.3 is 0 Å². The Kier molecular flexibility index (Phi) is 5.29. The zero-order valence-electron chi connectivity index (χ0n) is 15.7. The molecule has 1 aliphatic rings. The monoisotopic (exact) mass is 410 g/mol. The number of ether oxygens (including phenoxy) is 1. The van der Waals surface area contributed by atoms with Crippen molar-refractivity contribution in [1.29, 1.82) is 5.26 Å². The summed E-state index contributed by atoms with van der Waals surface area (Å²) in [6, 6.07) is 5.66. The predicted octanol–water partition coefficient (Wildman–Crippen LogP) is 3.10. The molecule has 0 bridgehead atoms. The molecular weight excluding hydrogens is 392 g/mol. The molecule has 0 amide bonds. The zero-order valence-corrected chi connectivity index (χ0v) is 16.4. The second-order valence-electron chi connectivity index (χ2n) is 6.91. The molecule has 3 heterocycles. The minimum absolute atomic E-state index is 0.0405. The lowest BCUT2D eigenvalue weighted by Gasteiger charge is -2.16. The number of halogens is 1. The first-order valence-electron chi connectivity index (χ1n) is 9.16. The number of H-pyrrole nitrogens is 1. The maximum absolute atomic E-state index is 8.81. The molecule has 0 radical (unpaired) electrons. The summed E-state index contributed by atoms with van der Waals surface area (Å²) in [7, 11) is 0. The lowest BCUT2D eigenvalue weighted by atomic mass is 10.2. The molecule has 9 nitrogen and oxygen atoms in total. The fourth-order valence-corrected chi connectivity index (χ4v) is 3.34. The van der Waals surface area contributed by atoms with Gasteiger partial charge in [0.25, 0.3) is 0 Å². The Morgan fingerprint density at radius 2 is 2.14 bits per heavy atom. The van der Waals surface area contributed by atoms with Gasteiger partial charge in [-0.05, 0) is 26.2 Å². The van der Waals surface area contributed by atoms with E-state index in [1.54, 1.807) is 12.1 Å². The molecule has 10 heteroatoms. The molecular formula is C19H19ClN8O. The van der Waals surface area contributed by atoms with Crippen LogP contribution in [0.2, 0.25) is 5.02 Å². The summed E-state index contributed by atoms with van der Waals surface area (Å²) >= 11 is 6.28. The highest BCUT2D eigenvalue weighted by atomic mass is 35.5. The number of nitriles is 1. The van der Waals surface area contributed by atoms with Crippen LogP contribution in [0.1, 0.15) is 30.7 Å². The van der Waals surface area contributed by atoms with E-state index in [9.17, 15) is 0 Å². The molecule has 0 aromatic carbocycles. The van der Waals surface area contributed by atoms with E-state index in [4.69, 9.17) is 27.3 Å². The normalized spacial score (nSPS) is 18.4. The van der Waals surface area contributed by atoms with E-state index in [1.165, 1.54) is 12.4 Å². The maximum atomic E-state index is 8.81. The van der Waals surface area contributed by atoms with Gasteiger partial charge in [0.05, 0.1) is 28.8 Å². The molecule has 148 valence electrons. The van der Waals surface area contributed by atoms with E-state index in [0.29, 0.717) is 39.5 Å². The molecule has 29 heavy (non-hydrogen) atoms. The van der Waals surface area contributed by atoms with Crippen molar-refractivity contribution in [3.05, 3.63) is 40.9 Å². The van der Waals surface area contributed by atoms with Crippen molar-refractivity contribution in [3.63, 3.8) is 0 Å². The SMILES string of the molecule is Cc1nc(-c2cc(Nc3cnc(C#N)cn3)n[nH]2)c(O[C@@H]2CC[C@H](N)C2)cc1Cl. The number of hydrogen-bond acceptors (Lipinski definition) is 8. The summed E-state index contributed by atoms with van der Waals surface area (Å²) < 4.78 is 6.17. The number of aryl methyl sites for hydroxylation is 1. The summed E-state index contributed by atoms with van der Waals surface area (Å²) in [5, 5.41) is 19.6. The standard InChI is InChI=1S/C19H19ClN8O/c1-10-14(20)5-16(29-13-3-2-11(22)4-13)19(25-10)15-6-17(28-27-15)26-18-9-23-12(7-21)8-24-18/h5-6,8-9,11,13H,2-4,22H2,1H3,(H2,24,26,27,28)/t11-,13+/m0/s1. The number of hydrogen-bond donors (Lipinski definition) is 3. The first-order valence-corrected chi connectivity index (χ1v) is 9.54. The van der Waals surface area contributed by atoms with Crippen molar-refractivity contribution in [1.82, 2.24) is 25.1 Å². The average molecular weight is 411 g/mol. The highest BCUT2D eigenvalue weighted by Crippen LogP contribution is 2.35. The van der Waals surface area contributed by atoms with E-state index in [0.717, 1.165) is 19.3 Å². The maximum Gasteiger partial charge on any atom is 0.158 e. The van der Waals surface area contributed by atoms with Crippen molar-refractivity contribution in [2.45, 2.75) is 38.3 Å². The molecule has 4 N–H and O–H groups in total. The van der Waals surface area contributed by atoms with E-state index in [-0.39, 0.29) is 17.8 Å². The zero-order chi connectivity index (χ0) is 20.4. The third-order valence-electron chi connectivity index (χ3n) is 4.69. The number of rotatable bonds is 5. The van der Waals surface area contributed by atoms with Gasteiger partial charge in [-0.1, -0.05) is 11.6 Å². The molecule has 1 aliphatic carbocycles. The van der Waals surface area contributed by atoms with Crippen molar-refractivity contribution in [3.8, 4) is 23.2 Å². The van der Waals surface area contributed by atoms with Crippen LogP contribution in [-0.2, 0) is 0 Å². The number of aromatic amines is 1. The first kappa shape index (κ1) is 19.1. The first-order chi connectivity index (χ1) is 14.0. The largest absolute Gasteiger partial charge is 0.488 e. The Balaban J connectivity index is 1.59. The van der Waals surface area contributed by atoms with Crippen LogP contribution in [-0.4, -0.2) is 37.3 Å². The van der Waals surface area contributed by atoms with Gasteiger partial charge in [0.2, 0.25) is 0 Å². The Morgan fingerprint density at radius 1 is 1.28 bits per heavy atom. The second kappa shape index (κ2) is 8.03. The van der Waals surface area contributed by atoms with Crippen LogP contribution in [0.4, 0.5) is 11.6 Å². The molecule has 0 spiro atoms. The van der Waals surface area contributed by atoms with Crippen LogP contribution in [0.15, 0.2) is 24.5 Å². The van der Waals surface area contributed by atoms with Gasteiger partial charge in [0, 0.05) is 18.2 Å². The number of aromatic nitrogens is 5. The molecule has 1 fully saturated rings. The quantitative estimate of drug-likeness (QED) is 0.583. The van der Waals surface area contributed by atoms with Crippen LogP contribution < -0.4 is 15.8 Å². The van der Waals surface area contributed by atoms with Crippen LogP contribution in [0.5, 0.6) is 5.75 Å². The third-order valence-corrected chi connectivity index (χ3v) is 5.07. The summed E-state index contributed by atoms with van der Waals surface area (Å²) in [6.07, 6.45) is 5.54. The molecule has 4 rings (SSSR count). The molecule has 0 aliphatic heterocycles. The van der Waals surface area contributed by atoms with Crippen molar-refractivity contribution >= 4 is 23.2 Å². The summed E-state index contributed by atoms with van der Waals surface area (Å²) in [6.45, 7) is 1.84. The highest BCUT2D eigenvalue weighted by molar-refractivity contribution is 6.31. The second-order valence-corrected chi connectivity index (χ2v) is 7.31. The summed E-state index contributed by atoms with van der Waals surface area (Å²) in [4.78, 5) is 12.7. The lowest BCUT2D eigenvalue weighted by molar-refractivity contribution is 0.208. The van der Waals surface area contributed by atoms with Gasteiger partial charge in [0.15, 0.2) is 11.5 Å². The average Bonchev–Trinajstić information content (AvgIpc) is 3.34. The smallest absolute Gasteiger partial charge is 0.158 e. The van der Waals surface area contributed by atoms with Crippen LogP contribution in [0.3, 0.4) is 0 Å². The fourth-order valence-electron chi connectivity index (χ4n) is 3.20. The Hall–Kier alpha value is -3.22. The molecule has 1 saturated carbocycles. The number of pyridine rings is 1. The van der Waals surface area contributed by atoms with Crippen LogP contribution in [0, 0.1) is 18.3 Å². The minimum Gasteiger partial charge on any atom is -0.488 e. The summed E-state index contributed by atoms with van der Waals surface area (Å²) in [5.41, 5.74) is 8.23. The van der Waals surface area contributed by atoms with Crippen LogP contribution in [0.25, 0.3) is 11.4 Å². The number of nitrogens with zero attached hydrogens (tertiary/aromatic N) is 5. The predicted molar refractivity (Wildman–Crippen MR) is 108 cm³/mol. The van der Waals surface area contributed by atoms with E-state index < -0.39 is 0 Å². The van der Waals surface area contributed by atoms with Gasteiger partial charge in [-0.3, -0.25) is 5.10 Å². The number of anilines is 2. The fraction of sp³-hybridized carbons (Fsp3) is 0.316. The molecule has 0 saturated heterocycles. The molecule has 3 aromatic rings. The Morgan fingerprint density at radius 3 is 2.83 bits per heavy atom. The topological polar surface area (TPSA) is 138 Å². The molecule has 3 aromatic heterocycles. The number of nitrogens with two attached hydrogens (primary N) is 1. The lowest BCUT2D eigenvalue weighted by Crippen LogP contribution is -2.19. The Labute approximate surface area is 172 Å². The highest BCUT2D eigenvalue weighted by Gasteiger charge is 2.25. The van der Waals surface area contributed by atoms with Crippen molar-refractivity contribution < 1.29 is 4.74 Å². The summed E-state index contributed by atoms with van der Waals surface area (Å²) in [5.74, 6) is 1.59.